The number of nitriles is 1. The highest BCUT2D eigenvalue weighted by molar-refractivity contribution is 5.94. The molecule has 0 N–H and O–H groups in total. The molecular weight excluding hydrogens is 390 g/mol. The first-order valence-corrected chi connectivity index (χ1v) is 11.9. The molecule has 3 fully saturated rings. The molecule has 0 aromatic carbocycles. The molecule has 0 radical (unpaired) electrons. The monoisotopic (exact) mass is 425 g/mol. The Hall–Kier alpha value is -2.09. The highest BCUT2D eigenvalue weighted by atomic mass is 16.5. The smallest absolute Gasteiger partial charge is 0.348 e. The Morgan fingerprint density at radius 1 is 1.16 bits per heavy atom. The summed E-state index contributed by atoms with van der Waals surface area (Å²) in [6, 6.07) is 2.18. The third-order valence-electron chi connectivity index (χ3n) is 9.07. The van der Waals surface area contributed by atoms with E-state index in [1.807, 2.05) is 0 Å². The lowest BCUT2D eigenvalue weighted by atomic mass is 9.47. The van der Waals surface area contributed by atoms with Gasteiger partial charge in [0.25, 0.3) is 0 Å². The van der Waals surface area contributed by atoms with E-state index in [2.05, 4.69) is 26.0 Å². The molecule has 4 aliphatic rings. The van der Waals surface area contributed by atoms with Crippen molar-refractivity contribution in [3.05, 3.63) is 22.8 Å². The van der Waals surface area contributed by atoms with Crippen molar-refractivity contribution in [2.24, 2.45) is 28.6 Å². The quantitative estimate of drug-likeness (QED) is 0.267. The second-order valence-corrected chi connectivity index (χ2v) is 10.4. The van der Waals surface area contributed by atoms with Gasteiger partial charge in [-0.25, -0.2) is 4.79 Å². The highest BCUT2D eigenvalue weighted by Crippen LogP contribution is 2.66. The zero-order valence-electron chi connectivity index (χ0n) is 19.3. The first kappa shape index (κ1) is 22.1. The molecule has 6 atom stereocenters. The summed E-state index contributed by atoms with van der Waals surface area (Å²) in [6.07, 6.45) is 10.4. The largest absolute Gasteiger partial charge is 0.462 e. The maximum atomic E-state index is 12.5. The van der Waals surface area contributed by atoms with Crippen LogP contribution in [0.5, 0.6) is 0 Å². The molecule has 31 heavy (non-hydrogen) atoms. The zero-order valence-corrected chi connectivity index (χ0v) is 19.3. The Balaban J connectivity index is 1.62. The van der Waals surface area contributed by atoms with Crippen LogP contribution >= 0.6 is 0 Å². The van der Waals surface area contributed by atoms with Gasteiger partial charge in [-0.3, -0.25) is 4.79 Å². The number of hydrogen-bond acceptors (Lipinski definition) is 5. The molecule has 4 rings (SSSR count). The zero-order chi connectivity index (χ0) is 22.4. The van der Waals surface area contributed by atoms with E-state index in [0.717, 1.165) is 56.9 Å². The third kappa shape index (κ3) is 3.52. The molecule has 0 unspecified atom stereocenters. The maximum Gasteiger partial charge on any atom is 0.348 e. The van der Waals surface area contributed by atoms with Gasteiger partial charge in [-0.2, -0.15) is 5.26 Å². The molecule has 0 aromatic rings. The summed E-state index contributed by atoms with van der Waals surface area (Å²) in [7, 11) is 0. The molecule has 0 amide bonds. The van der Waals surface area contributed by atoms with E-state index in [1.165, 1.54) is 12.5 Å². The molecule has 0 bridgehead atoms. The first-order valence-electron chi connectivity index (χ1n) is 11.9. The fourth-order valence-electron chi connectivity index (χ4n) is 7.63. The summed E-state index contributed by atoms with van der Waals surface area (Å²) in [5.74, 6) is 1.07. The van der Waals surface area contributed by atoms with Crippen LogP contribution in [0, 0.1) is 39.9 Å². The van der Waals surface area contributed by atoms with Gasteiger partial charge in [-0.15, -0.1) is 0 Å². The summed E-state index contributed by atoms with van der Waals surface area (Å²) < 4.78 is 10.7. The van der Waals surface area contributed by atoms with Gasteiger partial charge < -0.3 is 9.47 Å². The molecule has 0 saturated heterocycles. The molecule has 0 heterocycles. The topological polar surface area (TPSA) is 76.4 Å². The lowest BCUT2D eigenvalue weighted by Crippen LogP contribution is -2.50. The van der Waals surface area contributed by atoms with E-state index in [0.29, 0.717) is 24.4 Å². The lowest BCUT2D eigenvalue weighted by Gasteiger charge is -2.57. The van der Waals surface area contributed by atoms with Crippen LogP contribution in [0.15, 0.2) is 22.8 Å². The van der Waals surface area contributed by atoms with Crippen molar-refractivity contribution >= 4 is 11.9 Å². The van der Waals surface area contributed by atoms with E-state index in [1.54, 1.807) is 6.92 Å². The van der Waals surface area contributed by atoms with Gasteiger partial charge in [0, 0.05) is 13.3 Å². The fourth-order valence-corrected chi connectivity index (χ4v) is 7.63. The molecule has 168 valence electrons. The molecular formula is C26H35NO4. The molecule has 4 aliphatic carbocycles. The summed E-state index contributed by atoms with van der Waals surface area (Å²) in [4.78, 5) is 23.9. The van der Waals surface area contributed by atoms with Crippen molar-refractivity contribution in [2.45, 2.75) is 85.2 Å². The maximum absolute atomic E-state index is 12.5. The van der Waals surface area contributed by atoms with Crippen molar-refractivity contribution in [1.82, 2.24) is 0 Å². The van der Waals surface area contributed by atoms with Gasteiger partial charge in [0.1, 0.15) is 17.7 Å². The minimum Gasteiger partial charge on any atom is -0.462 e. The van der Waals surface area contributed by atoms with Gasteiger partial charge in [-0.05, 0) is 86.0 Å². The van der Waals surface area contributed by atoms with Crippen LogP contribution in [0.25, 0.3) is 0 Å². The number of rotatable bonds is 3. The number of carbonyl (C=O) groups is 2. The standard InChI is InChI=1S/C26H35NO4/c1-5-30-24(29)20(15-27)22-9-8-21-19-7-6-17-14-18(31-16(2)28)10-12-25(17,3)23(19)11-13-26(21,22)4/h6,18-19,21,23H,5,7-14H2,1-4H3/b22-20+/t18-,19+,21+,23+,25+,26+/m1/s1. The van der Waals surface area contributed by atoms with Crippen LogP contribution in [0.3, 0.4) is 0 Å². The van der Waals surface area contributed by atoms with Gasteiger partial charge in [-0.1, -0.05) is 25.5 Å². The Morgan fingerprint density at radius 2 is 1.87 bits per heavy atom. The van der Waals surface area contributed by atoms with E-state index in [4.69, 9.17) is 9.47 Å². The highest BCUT2D eigenvalue weighted by Gasteiger charge is 2.58. The summed E-state index contributed by atoms with van der Waals surface area (Å²) in [5.41, 5.74) is 2.86. The molecule has 5 nitrogen and oxygen atoms in total. The number of fused-ring (bicyclic) bond motifs is 5. The van der Waals surface area contributed by atoms with E-state index >= 15 is 0 Å². The van der Waals surface area contributed by atoms with Crippen molar-refractivity contribution in [3.8, 4) is 6.07 Å². The minimum absolute atomic E-state index is 0.0195. The van der Waals surface area contributed by atoms with E-state index in [9.17, 15) is 14.9 Å². The Kier molecular flexibility index (Phi) is 5.79. The van der Waals surface area contributed by atoms with Gasteiger partial charge in [0.2, 0.25) is 0 Å². The number of hydrogen-bond donors (Lipinski definition) is 0. The van der Waals surface area contributed by atoms with Crippen LogP contribution in [0.4, 0.5) is 0 Å². The van der Waals surface area contributed by atoms with Gasteiger partial charge >= 0.3 is 11.9 Å². The van der Waals surface area contributed by atoms with Crippen LogP contribution in [0.2, 0.25) is 0 Å². The average Bonchev–Trinajstić information content (AvgIpc) is 3.06. The van der Waals surface area contributed by atoms with Crippen LogP contribution in [-0.4, -0.2) is 24.6 Å². The van der Waals surface area contributed by atoms with Gasteiger partial charge in [0.05, 0.1) is 6.61 Å². The predicted molar refractivity (Wildman–Crippen MR) is 117 cm³/mol. The lowest BCUT2D eigenvalue weighted by molar-refractivity contribution is -0.148. The average molecular weight is 426 g/mol. The van der Waals surface area contributed by atoms with Crippen molar-refractivity contribution in [2.75, 3.05) is 6.61 Å². The van der Waals surface area contributed by atoms with Crippen LogP contribution in [-0.2, 0) is 19.1 Å². The second-order valence-electron chi connectivity index (χ2n) is 10.4. The van der Waals surface area contributed by atoms with E-state index in [-0.39, 0.29) is 28.5 Å². The molecule has 3 saturated carbocycles. The van der Waals surface area contributed by atoms with Gasteiger partial charge in [0.15, 0.2) is 0 Å². The fraction of sp³-hybridized carbons (Fsp3) is 0.731. The van der Waals surface area contributed by atoms with Crippen molar-refractivity contribution in [1.29, 1.82) is 5.26 Å². The second kappa shape index (κ2) is 8.11. The molecule has 0 spiro atoms. The number of allylic oxidation sites excluding steroid dienone is 2. The number of ether oxygens (including phenoxy) is 2. The summed E-state index contributed by atoms with van der Waals surface area (Å²) in [5, 5.41) is 9.75. The Morgan fingerprint density at radius 3 is 2.55 bits per heavy atom. The number of esters is 2. The predicted octanol–water partition coefficient (Wildman–Crippen LogP) is 5.26. The van der Waals surface area contributed by atoms with Crippen molar-refractivity contribution < 1.29 is 19.1 Å². The summed E-state index contributed by atoms with van der Waals surface area (Å²) in [6.45, 7) is 8.28. The van der Waals surface area contributed by atoms with Crippen molar-refractivity contribution in [3.63, 3.8) is 0 Å². The summed E-state index contributed by atoms with van der Waals surface area (Å²) >= 11 is 0. The Labute approximate surface area is 185 Å². The molecule has 0 aromatic heterocycles. The molecule has 5 heteroatoms. The van der Waals surface area contributed by atoms with E-state index < -0.39 is 5.97 Å². The van der Waals surface area contributed by atoms with Crippen LogP contribution < -0.4 is 0 Å². The Bertz CT molecular complexity index is 880. The minimum atomic E-state index is -0.453. The normalized spacial score (nSPS) is 40.4. The first-order chi connectivity index (χ1) is 14.7. The number of carbonyl (C=O) groups excluding carboxylic acids is 2. The SMILES string of the molecule is CCOC(=O)/C(C#N)=C1\CC[C@H]2[C@@H]3CC=C4C[C@H](OC(C)=O)CC[C@]4(C)[C@H]3CC[C@]12C. The third-order valence-corrected chi connectivity index (χ3v) is 9.07. The van der Waals surface area contributed by atoms with Crippen LogP contribution in [0.1, 0.15) is 79.1 Å². The molecule has 0 aliphatic heterocycles. The number of nitrogens with zero attached hydrogens (tertiary/aromatic N) is 1.